The Morgan fingerprint density at radius 3 is 2.65 bits per heavy atom. The van der Waals surface area contributed by atoms with Gasteiger partial charge in [-0.2, -0.15) is 0 Å². The lowest BCUT2D eigenvalue weighted by Crippen LogP contribution is -2.18. The highest BCUT2D eigenvalue weighted by Gasteiger charge is 2.07. The van der Waals surface area contributed by atoms with Crippen molar-refractivity contribution < 1.29 is 9.63 Å². The highest BCUT2D eigenvalue weighted by Crippen LogP contribution is 2.09. The first-order chi connectivity index (χ1) is 8.36. The number of nitrogens with one attached hydrogen (secondary N) is 1. The summed E-state index contributed by atoms with van der Waals surface area (Å²) in [5.41, 5.74) is 3.67. The summed E-state index contributed by atoms with van der Waals surface area (Å²) in [4.78, 5) is 16.2. The number of aldehydes is 1. The number of para-hydroxylation sites is 1. The van der Waals surface area contributed by atoms with Crippen LogP contribution in [0.4, 0.5) is 5.69 Å². The minimum absolute atomic E-state index is 0.355. The molecule has 94 valence electrons. The highest BCUT2D eigenvalue weighted by molar-refractivity contribution is 5.56. The van der Waals surface area contributed by atoms with Crippen LogP contribution in [0.1, 0.15) is 39.0 Å². The van der Waals surface area contributed by atoms with Gasteiger partial charge in [0, 0.05) is 0 Å². The molecule has 0 spiro atoms. The molecule has 0 aromatic heterocycles. The minimum Gasteiger partial charge on any atom is -0.300 e. The predicted octanol–water partition coefficient (Wildman–Crippen LogP) is 3.57. The molecule has 0 aliphatic carbocycles. The number of rotatable bonds is 9. The van der Waals surface area contributed by atoms with Crippen LogP contribution in [0.3, 0.4) is 0 Å². The Labute approximate surface area is 103 Å². The molecule has 0 aliphatic heterocycles. The van der Waals surface area contributed by atoms with Crippen LogP contribution in [-0.2, 0) is 9.63 Å². The topological polar surface area (TPSA) is 38.3 Å². The number of anilines is 1. The zero-order valence-corrected chi connectivity index (χ0v) is 10.4. The molecule has 3 heteroatoms. The Hall–Kier alpha value is -1.35. The second kappa shape index (κ2) is 8.76. The molecule has 1 aromatic rings. The Morgan fingerprint density at radius 1 is 1.24 bits per heavy atom. The minimum atomic E-state index is -0.355. The molecule has 0 fully saturated rings. The maximum Gasteiger partial charge on any atom is 0.151 e. The number of carbonyl (C=O) groups excluding carboxylic acids is 1. The Kier molecular flexibility index (Phi) is 7.07. The van der Waals surface area contributed by atoms with Crippen molar-refractivity contribution in [1.82, 2.24) is 0 Å². The molecule has 0 aliphatic rings. The quantitative estimate of drug-likeness (QED) is 0.404. The number of unbranched alkanes of at least 4 members (excludes halogenated alkanes) is 3. The third-order valence-corrected chi connectivity index (χ3v) is 2.60. The van der Waals surface area contributed by atoms with Crippen molar-refractivity contribution in [1.29, 1.82) is 0 Å². The highest BCUT2D eigenvalue weighted by atomic mass is 16.7. The maximum atomic E-state index is 10.8. The van der Waals surface area contributed by atoms with E-state index in [9.17, 15) is 4.79 Å². The SMILES string of the molecule is CCCCCC[C@H](C=O)ONc1ccccc1. The first-order valence-electron chi connectivity index (χ1n) is 6.28. The molecule has 0 amide bonds. The first-order valence-corrected chi connectivity index (χ1v) is 6.28. The molecule has 0 bridgehead atoms. The van der Waals surface area contributed by atoms with Gasteiger partial charge in [-0.3, -0.25) is 10.3 Å². The van der Waals surface area contributed by atoms with Crippen LogP contribution in [0.2, 0.25) is 0 Å². The van der Waals surface area contributed by atoms with E-state index in [1.54, 1.807) is 0 Å². The van der Waals surface area contributed by atoms with Gasteiger partial charge >= 0.3 is 0 Å². The molecular weight excluding hydrogens is 214 g/mol. The van der Waals surface area contributed by atoms with Crippen molar-refractivity contribution in [2.45, 2.75) is 45.1 Å². The van der Waals surface area contributed by atoms with Gasteiger partial charge in [0.05, 0.1) is 5.69 Å². The second-order valence-corrected chi connectivity index (χ2v) is 4.11. The largest absolute Gasteiger partial charge is 0.300 e. The van der Waals surface area contributed by atoms with Gasteiger partial charge in [0.25, 0.3) is 0 Å². The molecule has 0 radical (unpaired) electrons. The standard InChI is InChI=1S/C14H21NO2/c1-2-3-4-8-11-14(12-16)17-15-13-9-6-5-7-10-13/h5-7,9-10,12,14-15H,2-4,8,11H2,1H3/t14-/m1/s1. The zero-order chi connectivity index (χ0) is 12.3. The van der Waals surface area contributed by atoms with Crippen molar-refractivity contribution >= 4 is 12.0 Å². The van der Waals surface area contributed by atoms with Crippen molar-refractivity contribution in [2.24, 2.45) is 0 Å². The van der Waals surface area contributed by atoms with Crippen LogP contribution < -0.4 is 5.48 Å². The third kappa shape index (κ3) is 6.07. The molecule has 1 N–H and O–H groups in total. The fraction of sp³-hybridized carbons (Fsp3) is 0.500. The Morgan fingerprint density at radius 2 is 2.00 bits per heavy atom. The third-order valence-electron chi connectivity index (χ3n) is 2.60. The lowest BCUT2D eigenvalue weighted by molar-refractivity contribution is -0.116. The summed E-state index contributed by atoms with van der Waals surface area (Å²) in [6.07, 6.45) is 5.91. The average Bonchev–Trinajstić information content (AvgIpc) is 2.39. The smallest absolute Gasteiger partial charge is 0.151 e. The molecule has 0 unspecified atom stereocenters. The number of hydrogen-bond acceptors (Lipinski definition) is 3. The molecule has 0 saturated carbocycles. The average molecular weight is 235 g/mol. The molecule has 17 heavy (non-hydrogen) atoms. The Bertz CT molecular complexity index is 300. The van der Waals surface area contributed by atoms with Crippen LogP contribution in [-0.4, -0.2) is 12.4 Å². The van der Waals surface area contributed by atoms with Gasteiger partial charge in [0.1, 0.15) is 6.10 Å². The molecule has 3 nitrogen and oxygen atoms in total. The van der Waals surface area contributed by atoms with Gasteiger partial charge in [-0.05, 0) is 18.6 Å². The number of carbonyl (C=O) groups is 1. The maximum absolute atomic E-state index is 10.8. The Balaban J connectivity index is 2.20. The van der Waals surface area contributed by atoms with Gasteiger partial charge < -0.3 is 4.79 Å². The van der Waals surface area contributed by atoms with E-state index in [0.717, 1.165) is 31.2 Å². The van der Waals surface area contributed by atoms with Crippen LogP contribution in [0.15, 0.2) is 30.3 Å². The van der Waals surface area contributed by atoms with Crippen molar-refractivity contribution in [2.75, 3.05) is 5.48 Å². The summed E-state index contributed by atoms with van der Waals surface area (Å²) in [5.74, 6) is 0. The summed E-state index contributed by atoms with van der Waals surface area (Å²) in [5, 5.41) is 0. The molecule has 1 rings (SSSR count). The van der Waals surface area contributed by atoms with Crippen LogP contribution in [0.5, 0.6) is 0 Å². The van der Waals surface area contributed by atoms with Crippen LogP contribution in [0.25, 0.3) is 0 Å². The lowest BCUT2D eigenvalue weighted by atomic mass is 10.1. The monoisotopic (exact) mass is 235 g/mol. The van der Waals surface area contributed by atoms with Crippen molar-refractivity contribution in [3.05, 3.63) is 30.3 Å². The van der Waals surface area contributed by atoms with E-state index in [-0.39, 0.29) is 6.10 Å². The van der Waals surface area contributed by atoms with Gasteiger partial charge in [0.2, 0.25) is 0 Å². The zero-order valence-electron chi connectivity index (χ0n) is 10.4. The van der Waals surface area contributed by atoms with E-state index >= 15 is 0 Å². The van der Waals surface area contributed by atoms with Gasteiger partial charge in [0.15, 0.2) is 6.29 Å². The second-order valence-electron chi connectivity index (χ2n) is 4.11. The first kappa shape index (κ1) is 13.7. The predicted molar refractivity (Wildman–Crippen MR) is 69.8 cm³/mol. The van der Waals surface area contributed by atoms with Crippen molar-refractivity contribution in [3.63, 3.8) is 0 Å². The van der Waals surface area contributed by atoms with Crippen LogP contribution >= 0.6 is 0 Å². The van der Waals surface area contributed by atoms with Gasteiger partial charge in [-0.15, -0.1) is 0 Å². The van der Waals surface area contributed by atoms with E-state index in [4.69, 9.17) is 4.84 Å². The van der Waals surface area contributed by atoms with Gasteiger partial charge in [-0.1, -0.05) is 50.8 Å². The van der Waals surface area contributed by atoms with Crippen molar-refractivity contribution in [3.8, 4) is 0 Å². The van der Waals surface area contributed by atoms with Gasteiger partial charge in [-0.25, -0.2) is 0 Å². The summed E-state index contributed by atoms with van der Waals surface area (Å²) in [6, 6.07) is 9.58. The van der Waals surface area contributed by atoms with E-state index in [2.05, 4.69) is 12.4 Å². The number of benzene rings is 1. The van der Waals surface area contributed by atoms with E-state index in [1.165, 1.54) is 12.8 Å². The molecule has 1 aromatic carbocycles. The van der Waals surface area contributed by atoms with Crippen LogP contribution in [0, 0.1) is 0 Å². The van der Waals surface area contributed by atoms with E-state index < -0.39 is 0 Å². The normalized spacial score (nSPS) is 12.1. The molecule has 0 saturated heterocycles. The fourth-order valence-electron chi connectivity index (χ4n) is 1.58. The summed E-state index contributed by atoms with van der Waals surface area (Å²) in [7, 11) is 0. The number of hydrogen-bond donors (Lipinski definition) is 1. The lowest BCUT2D eigenvalue weighted by Gasteiger charge is -2.12. The van der Waals surface area contributed by atoms with E-state index in [1.807, 2.05) is 30.3 Å². The molecular formula is C14H21NO2. The molecule has 1 atom stereocenters. The summed E-state index contributed by atoms with van der Waals surface area (Å²) < 4.78 is 0. The fourth-order valence-corrected chi connectivity index (χ4v) is 1.58. The summed E-state index contributed by atoms with van der Waals surface area (Å²) in [6.45, 7) is 2.17. The summed E-state index contributed by atoms with van der Waals surface area (Å²) >= 11 is 0. The molecule has 0 heterocycles. The van der Waals surface area contributed by atoms with E-state index in [0.29, 0.717) is 0 Å².